The number of esters is 1. The van der Waals surface area contributed by atoms with E-state index in [1.807, 2.05) is 0 Å². The summed E-state index contributed by atoms with van der Waals surface area (Å²) in [6.45, 7) is 3.45. The van der Waals surface area contributed by atoms with E-state index in [9.17, 15) is 9.18 Å². The number of epoxide rings is 1. The van der Waals surface area contributed by atoms with Crippen LogP contribution in [0.5, 0.6) is 0 Å². The van der Waals surface area contributed by atoms with E-state index in [1.54, 1.807) is 0 Å². The van der Waals surface area contributed by atoms with Gasteiger partial charge in [-0.3, -0.25) is 4.90 Å². The van der Waals surface area contributed by atoms with Crippen molar-refractivity contribution in [1.29, 1.82) is 0 Å². The van der Waals surface area contributed by atoms with Crippen molar-refractivity contribution in [1.82, 2.24) is 4.90 Å². The molecule has 0 spiro atoms. The Morgan fingerprint density at radius 1 is 1.55 bits per heavy atom. The number of piperidine rings is 1. The number of carbonyl (C=O) groups is 1. The first-order valence-electron chi connectivity index (χ1n) is 6.94. The topological polar surface area (TPSA) is 42.1 Å². The fourth-order valence-electron chi connectivity index (χ4n) is 3.47. The molecule has 0 radical (unpaired) electrons. The van der Waals surface area contributed by atoms with Gasteiger partial charge in [0.15, 0.2) is 0 Å². The first-order chi connectivity index (χ1) is 9.50. The fourth-order valence-corrected chi connectivity index (χ4v) is 3.69. The molecule has 3 aliphatic rings. The number of allylic oxidation sites excluding steroid dienone is 1. The molecule has 2 bridgehead atoms. The number of hydrogen-bond donors (Lipinski definition) is 0. The van der Waals surface area contributed by atoms with Gasteiger partial charge in [-0.2, -0.15) is 0 Å². The highest BCUT2D eigenvalue weighted by Gasteiger charge is 2.63. The number of ether oxygens (including phenoxy) is 2. The third-order valence-corrected chi connectivity index (χ3v) is 5.12. The third-order valence-electron chi connectivity index (χ3n) is 4.69. The van der Waals surface area contributed by atoms with Crippen molar-refractivity contribution >= 4 is 17.6 Å². The summed E-state index contributed by atoms with van der Waals surface area (Å²) in [7, 11) is 2.07. The molecule has 6 atom stereocenters. The van der Waals surface area contributed by atoms with Crippen molar-refractivity contribution in [2.75, 3.05) is 12.9 Å². The average Bonchev–Trinajstić information content (AvgIpc) is 3.16. The number of rotatable bonds is 5. The second kappa shape index (κ2) is 4.97. The average molecular weight is 304 g/mol. The van der Waals surface area contributed by atoms with Gasteiger partial charge in [-0.15, -0.1) is 18.2 Å². The van der Waals surface area contributed by atoms with Crippen LogP contribution in [0.1, 0.15) is 19.3 Å². The molecule has 0 aromatic carbocycles. The summed E-state index contributed by atoms with van der Waals surface area (Å²) in [5, 5.41) is 0. The lowest BCUT2D eigenvalue weighted by atomic mass is 9.98. The summed E-state index contributed by atoms with van der Waals surface area (Å²) in [5.41, 5.74) is -2.16. The van der Waals surface area contributed by atoms with Crippen LogP contribution in [0.25, 0.3) is 0 Å². The summed E-state index contributed by atoms with van der Waals surface area (Å²) in [6, 6.07) is 0.557. The Bertz CT molecular complexity index is 417. The van der Waals surface area contributed by atoms with E-state index in [1.165, 1.54) is 6.08 Å². The molecule has 0 N–H and O–H groups in total. The number of alkyl halides is 2. The van der Waals surface area contributed by atoms with Crippen LogP contribution in [0.15, 0.2) is 12.7 Å². The highest BCUT2D eigenvalue weighted by atomic mass is 35.5. The summed E-state index contributed by atoms with van der Waals surface area (Å²) in [5.74, 6) is -1.28. The molecule has 0 saturated carbocycles. The van der Waals surface area contributed by atoms with Crippen LogP contribution in [0.4, 0.5) is 4.39 Å². The second-order valence-electron chi connectivity index (χ2n) is 5.96. The molecule has 3 saturated heterocycles. The Hall–Kier alpha value is -0.650. The van der Waals surface area contributed by atoms with Gasteiger partial charge in [-0.1, -0.05) is 6.08 Å². The van der Waals surface area contributed by atoms with E-state index in [-0.39, 0.29) is 36.8 Å². The molecular weight excluding hydrogens is 285 g/mol. The van der Waals surface area contributed by atoms with Crippen molar-refractivity contribution in [3.8, 4) is 0 Å². The Morgan fingerprint density at radius 2 is 2.15 bits per heavy atom. The molecule has 0 aromatic heterocycles. The zero-order chi connectivity index (χ0) is 14.5. The minimum atomic E-state index is -2.16. The van der Waals surface area contributed by atoms with Crippen molar-refractivity contribution < 1.29 is 18.7 Å². The Balaban J connectivity index is 1.62. The lowest BCUT2D eigenvalue weighted by Gasteiger charge is -2.38. The van der Waals surface area contributed by atoms with Crippen LogP contribution >= 0.6 is 11.6 Å². The first kappa shape index (κ1) is 14.3. The number of likely N-dealkylation sites (N-methyl/N-ethyl adjacent to an activating group) is 1. The largest absolute Gasteiger partial charge is 0.460 e. The van der Waals surface area contributed by atoms with Crippen LogP contribution in [-0.2, 0) is 14.3 Å². The number of morpholine rings is 1. The van der Waals surface area contributed by atoms with Crippen molar-refractivity contribution in [3.05, 3.63) is 12.7 Å². The van der Waals surface area contributed by atoms with Crippen molar-refractivity contribution in [2.45, 2.75) is 55.3 Å². The van der Waals surface area contributed by atoms with Gasteiger partial charge in [0.25, 0.3) is 0 Å². The molecule has 112 valence electrons. The summed E-state index contributed by atoms with van der Waals surface area (Å²) >= 11 is 5.57. The number of hydrogen-bond acceptors (Lipinski definition) is 4. The normalized spacial score (nSPS) is 41.6. The van der Waals surface area contributed by atoms with E-state index in [2.05, 4.69) is 18.5 Å². The molecule has 0 aliphatic carbocycles. The zero-order valence-corrected chi connectivity index (χ0v) is 12.2. The molecule has 0 amide bonds. The van der Waals surface area contributed by atoms with Crippen molar-refractivity contribution in [3.63, 3.8) is 0 Å². The summed E-state index contributed by atoms with van der Waals surface area (Å²) < 4.78 is 25.3. The van der Waals surface area contributed by atoms with Crippen LogP contribution in [0.3, 0.4) is 0 Å². The molecule has 20 heavy (non-hydrogen) atoms. The molecular formula is C14H19ClFNO3. The Kier molecular flexibility index (Phi) is 3.55. The van der Waals surface area contributed by atoms with Crippen LogP contribution in [0, 0.1) is 0 Å². The van der Waals surface area contributed by atoms with Crippen LogP contribution in [0.2, 0.25) is 0 Å². The smallest absolute Gasteiger partial charge is 0.345 e. The third kappa shape index (κ3) is 2.16. The van der Waals surface area contributed by atoms with Crippen LogP contribution in [-0.4, -0.2) is 59.9 Å². The zero-order valence-electron chi connectivity index (χ0n) is 11.4. The molecule has 3 heterocycles. The molecule has 6 heteroatoms. The number of fused-ring (bicyclic) bond motifs is 5. The molecule has 3 rings (SSSR count). The maximum atomic E-state index is 14.3. The van der Waals surface area contributed by atoms with E-state index in [4.69, 9.17) is 21.1 Å². The maximum Gasteiger partial charge on any atom is 0.345 e. The molecule has 0 aromatic rings. The van der Waals surface area contributed by atoms with E-state index in [0.717, 1.165) is 0 Å². The van der Waals surface area contributed by atoms with Gasteiger partial charge in [-0.05, 0) is 7.05 Å². The lowest BCUT2D eigenvalue weighted by molar-refractivity contribution is -0.166. The Labute approximate surface area is 122 Å². The van der Waals surface area contributed by atoms with E-state index in [0.29, 0.717) is 12.8 Å². The predicted octanol–water partition coefficient (Wildman–Crippen LogP) is 1.67. The number of carbonyl (C=O) groups excluding carboxylic acids is 1. The van der Waals surface area contributed by atoms with Gasteiger partial charge < -0.3 is 9.47 Å². The van der Waals surface area contributed by atoms with Gasteiger partial charge >= 0.3 is 5.97 Å². The predicted molar refractivity (Wildman–Crippen MR) is 72.5 cm³/mol. The van der Waals surface area contributed by atoms with E-state index >= 15 is 0 Å². The standard InChI is InChI=1S/C14H19ClFNO3/c1-3-4-14(16,7-15)13(18)19-8-5-9-11-12(20-11)10(6-8)17(9)2/h3,8-12H,1,4-7H2,2H3/t8?,9-,10+,11-,12+,14?. The van der Waals surface area contributed by atoms with E-state index < -0.39 is 17.5 Å². The van der Waals surface area contributed by atoms with Gasteiger partial charge in [0.2, 0.25) is 5.67 Å². The minimum absolute atomic E-state index is 0.122. The highest BCUT2D eigenvalue weighted by Crippen LogP contribution is 2.48. The summed E-state index contributed by atoms with van der Waals surface area (Å²) in [4.78, 5) is 14.3. The molecule has 3 aliphatic heterocycles. The highest BCUT2D eigenvalue weighted by molar-refractivity contribution is 6.20. The summed E-state index contributed by atoms with van der Waals surface area (Å²) in [6.07, 6.45) is 2.93. The van der Waals surface area contributed by atoms with Gasteiger partial charge in [0.1, 0.15) is 18.3 Å². The quantitative estimate of drug-likeness (QED) is 0.335. The number of halogens is 2. The molecule has 3 fully saturated rings. The number of nitrogens with zero attached hydrogens (tertiary/aromatic N) is 1. The fraction of sp³-hybridized carbons (Fsp3) is 0.786. The maximum absolute atomic E-state index is 14.3. The van der Waals surface area contributed by atoms with Gasteiger partial charge in [0, 0.05) is 31.3 Å². The lowest BCUT2D eigenvalue weighted by Crippen LogP contribution is -2.49. The van der Waals surface area contributed by atoms with Gasteiger partial charge in [0.05, 0.1) is 5.88 Å². The monoisotopic (exact) mass is 303 g/mol. The van der Waals surface area contributed by atoms with Crippen LogP contribution < -0.4 is 0 Å². The minimum Gasteiger partial charge on any atom is -0.460 e. The first-order valence-corrected chi connectivity index (χ1v) is 7.48. The second-order valence-corrected chi connectivity index (χ2v) is 6.22. The SMILES string of the molecule is C=CCC(F)(CCl)C(=O)OC1C[C@@H]2[C@H]3O[C@H]3[C@H](C1)N2C. The van der Waals surface area contributed by atoms with Gasteiger partial charge in [-0.25, -0.2) is 9.18 Å². The molecule has 2 unspecified atom stereocenters. The Morgan fingerprint density at radius 3 is 2.65 bits per heavy atom. The van der Waals surface area contributed by atoms with Crippen molar-refractivity contribution in [2.24, 2.45) is 0 Å². The molecule has 4 nitrogen and oxygen atoms in total.